The number of aromatic nitrogens is 1. The molecule has 0 N–H and O–H groups in total. The first kappa shape index (κ1) is 15.8. The highest BCUT2D eigenvalue weighted by Crippen LogP contribution is 2.30. The molecule has 2 aromatic heterocycles. The lowest BCUT2D eigenvalue weighted by Gasteiger charge is -2.27. The summed E-state index contributed by atoms with van der Waals surface area (Å²) in [5, 5.41) is 2.39. The molecule has 1 aromatic carbocycles. The number of thiophene rings is 1. The van der Waals surface area contributed by atoms with Crippen LogP contribution in [0.3, 0.4) is 0 Å². The number of benzene rings is 1. The van der Waals surface area contributed by atoms with Gasteiger partial charge in [-0.05, 0) is 61.4 Å². The normalized spacial score (nSPS) is 15.7. The van der Waals surface area contributed by atoms with E-state index in [-0.39, 0.29) is 0 Å². The minimum atomic E-state index is 0.827. The second-order valence-electron chi connectivity index (χ2n) is 6.07. The zero-order valence-electron chi connectivity index (χ0n) is 13.9. The fraction of sp³-hybridized carbons (Fsp3) is 0.316. The maximum Gasteiger partial charge on any atom is 0.117 e. The number of ether oxygens (including phenoxy) is 1. The van der Waals surface area contributed by atoms with Crippen molar-refractivity contribution >= 4 is 50.0 Å². The van der Waals surface area contributed by atoms with Crippen LogP contribution in [0.2, 0.25) is 0 Å². The van der Waals surface area contributed by atoms with Crippen LogP contribution in [-0.2, 0) is 4.74 Å². The van der Waals surface area contributed by atoms with Crippen molar-refractivity contribution in [3.05, 3.63) is 45.3 Å². The Morgan fingerprint density at radius 1 is 1.04 bits per heavy atom. The van der Waals surface area contributed by atoms with Gasteiger partial charge in [-0.2, -0.15) is 0 Å². The van der Waals surface area contributed by atoms with Gasteiger partial charge in [-0.3, -0.25) is 0 Å². The molecule has 1 aliphatic rings. The van der Waals surface area contributed by atoms with E-state index >= 15 is 0 Å². The lowest BCUT2D eigenvalue weighted by atomic mass is 10.1. The van der Waals surface area contributed by atoms with Crippen molar-refractivity contribution in [1.29, 1.82) is 0 Å². The highest BCUT2D eigenvalue weighted by Gasteiger charge is 2.12. The second-order valence-corrected chi connectivity index (χ2v) is 8.22. The van der Waals surface area contributed by atoms with Gasteiger partial charge in [-0.1, -0.05) is 0 Å². The van der Waals surface area contributed by atoms with Crippen LogP contribution in [0.4, 0.5) is 5.00 Å². The largest absolute Gasteiger partial charge is 0.378 e. The van der Waals surface area contributed by atoms with E-state index in [9.17, 15) is 0 Å². The van der Waals surface area contributed by atoms with Gasteiger partial charge >= 0.3 is 0 Å². The lowest BCUT2D eigenvalue weighted by molar-refractivity contribution is 0.123. The highest BCUT2D eigenvalue weighted by atomic mass is 32.1. The van der Waals surface area contributed by atoms with Gasteiger partial charge in [-0.25, -0.2) is 4.98 Å². The van der Waals surface area contributed by atoms with Crippen LogP contribution in [0, 0.1) is 13.8 Å². The zero-order valence-corrected chi connectivity index (χ0v) is 15.5. The minimum Gasteiger partial charge on any atom is -0.378 e. The van der Waals surface area contributed by atoms with E-state index in [1.807, 2.05) is 11.3 Å². The summed E-state index contributed by atoms with van der Waals surface area (Å²) >= 11 is 3.58. The molecular weight excluding hydrogens is 336 g/mol. The predicted molar refractivity (Wildman–Crippen MR) is 105 cm³/mol. The maximum absolute atomic E-state index is 5.42. The zero-order chi connectivity index (χ0) is 16.5. The van der Waals surface area contributed by atoms with Crippen LogP contribution < -0.4 is 4.90 Å². The SMILES string of the molecule is Cc1cc2nc(C=Cc3ccc(N4CCOCC4)s3)sc2cc1C. The first-order valence-corrected chi connectivity index (χ1v) is 9.81. The van der Waals surface area contributed by atoms with E-state index in [0.717, 1.165) is 36.8 Å². The molecule has 0 bridgehead atoms. The van der Waals surface area contributed by atoms with Gasteiger partial charge in [0, 0.05) is 18.0 Å². The molecule has 0 atom stereocenters. The predicted octanol–water partition coefficient (Wildman–Crippen LogP) is 4.98. The fourth-order valence-electron chi connectivity index (χ4n) is 2.81. The first-order chi connectivity index (χ1) is 11.7. The third kappa shape index (κ3) is 3.24. The number of fused-ring (bicyclic) bond motifs is 1. The summed E-state index contributed by atoms with van der Waals surface area (Å²) in [6.07, 6.45) is 4.30. The Hall–Kier alpha value is -1.69. The van der Waals surface area contributed by atoms with Crippen molar-refractivity contribution in [1.82, 2.24) is 4.98 Å². The van der Waals surface area contributed by atoms with E-state index in [2.05, 4.69) is 55.2 Å². The van der Waals surface area contributed by atoms with Crippen molar-refractivity contribution < 1.29 is 4.74 Å². The molecule has 124 valence electrons. The Labute approximate surface area is 150 Å². The number of anilines is 1. The van der Waals surface area contributed by atoms with Gasteiger partial charge in [0.25, 0.3) is 0 Å². The number of hydrogen-bond acceptors (Lipinski definition) is 5. The molecule has 0 radical (unpaired) electrons. The average Bonchev–Trinajstić information content (AvgIpc) is 3.21. The monoisotopic (exact) mass is 356 g/mol. The van der Waals surface area contributed by atoms with Gasteiger partial charge in [0.15, 0.2) is 0 Å². The summed E-state index contributed by atoms with van der Waals surface area (Å²) in [5.74, 6) is 0. The van der Waals surface area contributed by atoms with Crippen molar-refractivity contribution in [3.63, 3.8) is 0 Å². The van der Waals surface area contributed by atoms with E-state index < -0.39 is 0 Å². The molecule has 24 heavy (non-hydrogen) atoms. The molecule has 1 saturated heterocycles. The summed E-state index contributed by atoms with van der Waals surface area (Å²) in [6.45, 7) is 7.92. The van der Waals surface area contributed by atoms with Crippen LogP contribution in [0.15, 0.2) is 24.3 Å². The van der Waals surface area contributed by atoms with Gasteiger partial charge in [0.2, 0.25) is 0 Å². The van der Waals surface area contributed by atoms with Crippen molar-refractivity contribution in [3.8, 4) is 0 Å². The molecule has 4 rings (SSSR count). The van der Waals surface area contributed by atoms with Gasteiger partial charge in [0.1, 0.15) is 5.01 Å². The van der Waals surface area contributed by atoms with Crippen molar-refractivity contribution in [2.75, 3.05) is 31.2 Å². The number of thiazole rings is 1. The number of aryl methyl sites for hydroxylation is 2. The van der Waals surface area contributed by atoms with Crippen LogP contribution in [0.25, 0.3) is 22.4 Å². The summed E-state index contributed by atoms with van der Waals surface area (Å²) in [6, 6.07) is 8.82. The van der Waals surface area contributed by atoms with Crippen LogP contribution >= 0.6 is 22.7 Å². The smallest absolute Gasteiger partial charge is 0.117 e. The summed E-state index contributed by atoms with van der Waals surface area (Å²) in [5.41, 5.74) is 3.73. The molecule has 1 aliphatic heterocycles. The standard InChI is InChI=1S/C19H20N2OS2/c1-13-11-16-17(12-14(13)2)24-18(20-16)5-3-15-4-6-19(23-15)21-7-9-22-10-8-21/h3-6,11-12H,7-10H2,1-2H3. The maximum atomic E-state index is 5.42. The third-order valence-electron chi connectivity index (χ3n) is 4.35. The fourth-order valence-corrected chi connectivity index (χ4v) is 4.72. The van der Waals surface area contributed by atoms with Crippen LogP contribution in [0.1, 0.15) is 21.0 Å². The topological polar surface area (TPSA) is 25.4 Å². The third-order valence-corrected chi connectivity index (χ3v) is 6.44. The Bertz CT molecular complexity index is 849. The van der Waals surface area contributed by atoms with E-state index in [1.165, 1.54) is 25.7 Å². The molecule has 3 aromatic rings. The molecule has 0 spiro atoms. The van der Waals surface area contributed by atoms with Crippen LogP contribution in [0.5, 0.6) is 0 Å². The molecular formula is C19H20N2OS2. The van der Waals surface area contributed by atoms with Crippen LogP contribution in [-0.4, -0.2) is 31.3 Å². The Kier molecular flexibility index (Phi) is 4.39. The molecule has 1 fully saturated rings. The number of rotatable bonds is 3. The Balaban J connectivity index is 1.53. The summed E-state index contributed by atoms with van der Waals surface area (Å²) < 4.78 is 6.68. The minimum absolute atomic E-state index is 0.827. The number of nitrogens with zero attached hydrogens (tertiary/aromatic N) is 2. The lowest BCUT2D eigenvalue weighted by Crippen LogP contribution is -2.35. The Morgan fingerprint density at radius 2 is 1.83 bits per heavy atom. The molecule has 3 nitrogen and oxygen atoms in total. The van der Waals surface area contributed by atoms with Gasteiger partial charge < -0.3 is 9.64 Å². The number of morpholine rings is 1. The van der Waals surface area contributed by atoms with Crippen molar-refractivity contribution in [2.45, 2.75) is 13.8 Å². The van der Waals surface area contributed by atoms with E-state index in [0.29, 0.717) is 0 Å². The summed E-state index contributed by atoms with van der Waals surface area (Å²) in [7, 11) is 0. The van der Waals surface area contributed by atoms with E-state index in [1.54, 1.807) is 11.3 Å². The highest BCUT2D eigenvalue weighted by molar-refractivity contribution is 7.19. The van der Waals surface area contributed by atoms with Gasteiger partial charge in [-0.15, -0.1) is 22.7 Å². The summed E-state index contributed by atoms with van der Waals surface area (Å²) in [4.78, 5) is 8.40. The molecule has 0 aliphatic carbocycles. The average molecular weight is 357 g/mol. The molecule has 5 heteroatoms. The second kappa shape index (κ2) is 6.67. The molecule has 3 heterocycles. The molecule has 0 saturated carbocycles. The van der Waals surface area contributed by atoms with E-state index in [4.69, 9.17) is 9.72 Å². The molecule has 0 unspecified atom stereocenters. The van der Waals surface area contributed by atoms with Crippen molar-refractivity contribution in [2.24, 2.45) is 0 Å². The number of hydrogen-bond donors (Lipinski definition) is 0. The first-order valence-electron chi connectivity index (χ1n) is 8.17. The quantitative estimate of drug-likeness (QED) is 0.662. The molecule has 0 amide bonds. The van der Waals surface area contributed by atoms with Gasteiger partial charge in [0.05, 0.1) is 28.4 Å². The Morgan fingerprint density at radius 3 is 2.67 bits per heavy atom.